The van der Waals surface area contributed by atoms with Crippen LogP contribution in [0.1, 0.15) is 10.4 Å². The van der Waals surface area contributed by atoms with Gasteiger partial charge >= 0.3 is 0 Å². The van der Waals surface area contributed by atoms with Crippen LogP contribution in [0, 0.1) is 0 Å². The van der Waals surface area contributed by atoms with E-state index in [1.807, 2.05) is 0 Å². The Labute approximate surface area is 161 Å². The number of nitrogens with zero attached hydrogens (tertiary/aromatic N) is 4. The Morgan fingerprint density at radius 1 is 0.893 bits per heavy atom. The summed E-state index contributed by atoms with van der Waals surface area (Å²) in [6.07, 6.45) is 1.38. The lowest BCUT2D eigenvalue weighted by Crippen LogP contribution is -2.16. The fourth-order valence-electron chi connectivity index (χ4n) is 2.59. The Bertz CT molecular complexity index is 952. The Morgan fingerprint density at radius 2 is 1.54 bits per heavy atom. The topological polar surface area (TPSA) is 110 Å². The molecule has 1 heterocycles. The molecule has 1 amide bonds. The monoisotopic (exact) mass is 385 g/mol. The molecule has 3 rings (SSSR count). The average molecular weight is 385 g/mol. The number of rotatable bonds is 7. The van der Waals surface area contributed by atoms with Gasteiger partial charge in [-0.05, 0) is 16.5 Å². The third-order valence-electron chi connectivity index (χ3n) is 3.95. The maximum absolute atomic E-state index is 13.0. The number of hydrogen-bond acceptors (Lipinski definition) is 8. The first-order valence-electron chi connectivity index (χ1n) is 8.13. The molecular formula is C18H19N5O5. The Morgan fingerprint density at radius 3 is 2.07 bits per heavy atom. The molecule has 2 aromatic carbocycles. The molecule has 10 heteroatoms. The Hall–Kier alpha value is -3.82. The van der Waals surface area contributed by atoms with E-state index in [1.165, 1.54) is 39.4 Å². The van der Waals surface area contributed by atoms with E-state index in [4.69, 9.17) is 18.9 Å². The quantitative estimate of drug-likeness (QED) is 0.657. The van der Waals surface area contributed by atoms with Crippen LogP contribution in [-0.2, 0) is 0 Å². The molecule has 0 fully saturated rings. The van der Waals surface area contributed by atoms with Crippen LogP contribution in [0.15, 0.2) is 36.7 Å². The van der Waals surface area contributed by atoms with Crippen molar-refractivity contribution in [3.05, 3.63) is 42.2 Å². The first-order chi connectivity index (χ1) is 13.6. The van der Waals surface area contributed by atoms with E-state index in [1.54, 1.807) is 30.3 Å². The van der Waals surface area contributed by atoms with Crippen molar-refractivity contribution < 1.29 is 23.7 Å². The summed E-state index contributed by atoms with van der Waals surface area (Å²) in [6, 6.07) is 8.24. The summed E-state index contributed by atoms with van der Waals surface area (Å²) in [6.45, 7) is 0. The zero-order valence-electron chi connectivity index (χ0n) is 15.8. The second-order valence-electron chi connectivity index (χ2n) is 5.53. The van der Waals surface area contributed by atoms with Gasteiger partial charge in [-0.15, -0.1) is 5.10 Å². The summed E-state index contributed by atoms with van der Waals surface area (Å²) in [7, 11) is 6.06. The van der Waals surface area contributed by atoms with Crippen molar-refractivity contribution in [3.8, 4) is 28.7 Å². The Kier molecular flexibility index (Phi) is 5.58. The van der Waals surface area contributed by atoms with E-state index in [9.17, 15) is 4.79 Å². The molecule has 10 nitrogen and oxygen atoms in total. The largest absolute Gasteiger partial charge is 0.497 e. The van der Waals surface area contributed by atoms with Crippen LogP contribution in [0.25, 0.3) is 5.69 Å². The van der Waals surface area contributed by atoms with Gasteiger partial charge in [0.1, 0.15) is 17.8 Å². The minimum absolute atomic E-state index is 0.284. The molecule has 0 unspecified atom stereocenters. The summed E-state index contributed by atoms with van der Waals surface area (Å²) < 4.78 is 22.5. The SMILES string of the molecule is COc1cc(NC(=O)c2cc(OC)c(OC)cc2-n2cnnn2)cc(OC)c1. The molecular weight excluding hydrogens is 366 g/mol. The van der Waals surface area contributed by atoms with Gasteiger partial charge in [-0.1, -0.05) is 0 Å². The highest BCUT2D eigenvalue weighted by molar-refractivity contribution is 6.07. The summed E-state index contributed by atoms with van der Waals surface area (Å²) in [4.78, 5) is 13.0. The number of ether oxygens (including phenoxy) is 4. The molecule has 0 radical (unpaired) electrons. The molecule has 0 aliphatic heterocycles. The van der Waals surface area contributed by atoms with Crippen LogP contribution in [-0.4, -0.2) is 54.6 Å². The van der Waals surface area contributed by atoms with Gasteiger partial charge in [0, 0.05) is 30.0 Å². The van der Waals surface area contributed by atoms with Crippen molar-refractivity contribution in [1.29, 1.82) is 0 Å². The first-order valence-corrected chi connectivity index (χ1v) is 8.13. The Balaban J connectivity index is 2.03. The molecule has 1 aromatic heterocycles. The van der Waals surface area contributed by atoms with E-state index in [0.29, 0.717) is 34.4 Å². The number of aromatic nitrogens is 4. The van der Waals surface area contributed by atoms with Crippen molar-refractivity contribution in [2.75, 3.05) is 33.8 Å². The summed E-state index contributed by atoms with van der Waals surface area (Å²) in [5.74, 6) is 1.52. The summed E-state index contributed by atoms with van der Waals surface area (Å²) >= 11 is 0. The van der Waals surface area contributed by atoms with E-state index >= 15 is 0 Å². The number of methoxy groups -OCH3 is 4. The number of benzene rings is 2. The van der Waals surface area contributed by atoms with Gasteiger partial charge in [0.15, 0.2) is 11.5 Å². The van der Waals surface area contributed by atoms with E-state index < -0.39 is 5.91 Å². The smallest absolute Gasteiger partial charge is 0.258 e. The molecule has 3 aromatic rings. The van der Waals surface area contributed by atoms with Crippen molar-refractivity contribution in [2.45, 2.75) is 0 Å². The number of carbonyl (C=O) groups excluding carboxylic acids is 1. The number of amides is 1. The molecule has 0 bridgehead atoms. The molecule has 0 saturated carbocycles. The molecule has 0 aliphatic rings. The van der Waals surface area contributed by atoms with Crippen LogP contribution in [0.4, 0.5) is 5.69 Å². The fourth-order valence-corrected chi connectivity index (χ4v) is 2.59. The molecule has 0 aliphatic carbocycles. The number of tetrazole rings is 1. The van der Waals surface area contributed by atoms with E-state index in [-0.39, 0.29) is 5.56 Å². The lowest BCUT2D eigenvalue weighted by Gasteiger charge is -2.15. The molecule has 1 N–H and O–H groups in total. The van der Waals surface area contributed by atoms with E-state index in [2.05, 4.69) is 20.8 Å². The predicted octanol–water partition coefficient (Wildman–Crippen LogP) is 1.95. The van der Waals surface area contributed by atoms with Crippen molar-refractivity contribution >= 4 is 11.6 Å². The predicted molar refractivity (Wildman–Crippen MR) is 99.8 cm³/mol. The molecule has 0 spiro atoms. The zero-order valence-corrected chi connectivity index (χ0v) is 15.8. The minimum atomic E-state index is -0.401. The normalized spacial score (nSPS) is 10.3. The van der Waals surface area contributed by atoms with Crippen molar-refractivity contribution in [2.24, 2.45) is 0 Å². The second kappa shape index (κ2) is 8.25. The van der Waals surface area contributed by atoms with Crippen LogP contribution < -0.4 is 24.3 Å². The molecule has 0 atom stereocenters. The first kappa shape index (κ1) is 19.0. The number of nitrogens with one attached hydrogen (secondary N) is 1. The fraction of sp³-hybridized carbons (Fsp3) is 0.222. The third-order valence-corrected chi connectivity index (χ3v) is 3.95. The van der Waals surface area contributed by atoms with E-state index in [0.717, 1.165) is 0 Å². The number of carbonyl (C=O) groups is 1. The van der Waals surface area contributed by atoms with Crippen molar-refractivity contribution in [1.82, 2.24) is 20.2 Å². The van der Waals surface area contributed by atoms with Gasteiger partial charge in [0.05, 0.1) is 39.7 Å². The lowest BCUT2D eigenvalue weighted by molar-refractivity contribution is 0.102. The van der Waals surface area contributed by atoms with Gasteiger partial charge in [0.25, 0.3) is 5.91 Å². The van der Waals surface area contributed by atoms with Crippen LogP contribution in [0.2, 0.25) is 0 Å². The van der Waals surface area contributed by atoms with Gasteiger partial charge in [-0.2, -0.15) is 4.68 Å². The minimum Gasteiger partial charge on any atom is -0.497 e. The van der Waals surface area contributed by atoms with Gasteiger partial charge in [-0.25, -0.2) is 0 Å². The maximum Gasteiger partial charge on any atom is 0.258 e. The van der Waals surface area contributed by atoms with Gasteiger partial charge in [-0.3, -0.25) is 4.79 Å². The summed E-state index contributed by atoms with van der Waals surface area (Å²) in [5.41, 5.74) is 1.21. The lowest BCUT2D eigenvalue weighted by atomic mass is 10.1. The molecule has 0 saturated heterocycles. The maximum atomic E-state index is 13.0. The average Bonchev–Trinajstić information content (AvgIpc) is 3.26. The highest BCUT2D eigenvalue weighted by Crippen LogP contribution is 2.33. The van der Waals surface area contributed by atoms with Crippen molar-refractivity contribution in [3.63, 3.8) is 0 Å². The highest BCUT2D eigenvalue weighted by atomic mass is 16.5. The van der Waals surface area contributed by atoms with Crippen LogP contribution in [0.3, 0.4) is 0 Å². The number of hydrogen-bond donors (Lipinski definition) is 1. The van der Waals surface area contributed by atoms with Crippen LogP contribution >= 0.6 is 0 Å². The van der Waals surface area contributed by atoms with Gasteiger partial charge in [0.2, 0.25) is 0 Å². The number of anilines is 1. The molecule has 28 heavy (non-hydrogen) atoms. The zero-order chi connectivity index (χ0) is 20.1. The standard InChI is InChI=1S/C18H19N5O5/c1-25-12-5-11(6-13(7-12)26-2)20-18(24)14-8-16(27-3)17(28-4)9-15(14)23-10-19-21-22-23/h5-10H,1-4H3,(H,20,24). The van der Waals surface area contributed by atoms with Gasteiger partial charge < -0.3 is 24.3 Å². The summed E-state index contributed by atoms with van der Waals surface area (Å²) in [5, 5.41) is 13.9. The molecule has 146 valence electrons. The third kappa shape index (κ3) is 3.80. The second-order valence-corrected chi connectivity index (χ2v) is 5.53. The van der Waals surface area contributed by atoms with Crippen LogP contribution in [0.5, 0.6) is 23.0 Å². The highest BCUT2D eigenvalue weighted by Gasteiger charge is 2.20.